The Kier molecular flexibility index (Phi) is 5.48. The van der Waals surface area contributed by atoms with Gasteiger partial charge in [-0.2, -0.15) is 0 Å². The highest BCUT2D eigenvalue weighted by atomic mass is 35.5. The Hall–Kier alpha value is -2.37. The van der Waals surface area contributed by atoms with Gasteiger partial charge in [0.2, 0.25) is 0 Å². The van der Waals surface area contributed by atoms with Crippen LogP contribution in [0.2, 0.25) is 5.02 Å². The Bertz CT molecular complexity index is 1010. The maximum Gasteiger partial charge on any atom is 0.174 e. The van der Waals surface area contributed by atoms with Crippen LogP contribution in [0, 0.1) is 0 Å². The first-order valence-electron chi connectivity index (χ1n) is 10.6. The number of hydrogen-bond donors (Lipinski definition) is 1. The summed E-state index contributed by atoms with van der Waals surface area (Å²) in [6.07, 6.45) is 12.9. The van der Waals surface area contributed by atoms with Crippen molar-refractivity contribution < 1.29 is 0 Å². The maximum absolute atomic E-state index is 6.14. The van der Waals surface area contributed by atoms with E-state index in [1.165, 1.54) is 37.7 Å². The van der Waals surface area contributed by atoms with Crippen LogP contribution in [0.4, 0.5) is 5.69 Å². The van der Waals surface area contributed by atoms with E-state index in [1.807, 2.05) is 42.6 Å². The van der Waals surface area contributed by atoms with Gasteiger partial charge in [0.05, 0.1) is 17.8 Å². The van der Waals surface area contributed by atoms with Gasteiger partial charge in [0, 0.05) is 35.3 Å². The Labute approximate surface area is 187 Å². The van der Waals surface area contributed by atoms with Gasteiger partial charge in [-0.1, -0.05) is 36.9 Å². The molecule has 0 bridgehead atoms. The van der Waals surface area contributed by atoms with E-state index < -0.39 is 0 Å². The van der Waals surface area contributed by atoms with Crippen molar-refractivity contribution in [3.8, 4) is 0 Å². The van der Waals surface area contributed by atoms with Crippen molar-refractivity contribution in [2.75, 3.05) is 4.90 Å². The summed E-state index contributed by atoms with van der Waals surface area (Å²) in [4.78, 5) is 6.83. The van der Waals surface area contributed by atoms with Crippen molar-refractivity contribution in [1.29, 1.82) is 0 Å². The summed E-state index contributed by atoms with van der Waals surface area (Å²) in [5, 5.41) is 4.96. The van der Waals surface area contributed by atoms with Crippen LogP contribution in [0.1, 0.15) is 61.5 Å². The van der Waals surface area contributed by atoms with Crippen LogP contribution in [0.15, 0.2) is 67.1 Å². The zero-order chi connectivity index (χ0) is 20.5. The van der Waals surface area contributed by atoms with Gasteiger partial charge >= 0.3 is 0 Å². The van der Waals surface area contributed by atoms with Gasteiger partial charge in [0.1, 0.15) is 0 Å². The first kappa shape index (κ1) is 19.6. The molecule has 1 aliphatic carbocycles. The zero-order valence-corrected chi connectivity index (χ0v) is 18.3. The van der Waals surface area contributed by atoms with Crippen LogP contribution in [0.25, 0.3) is 0 Å². The van der Waals surface area contributed by atoms with E-state index in [4.69, 9.17) is 23.8 Å². The first-order valence-corrected chi connectivity index (χ1v) is 11.4. The predicted octanol–water partition coefficient (Wildman–Crippen LogP) is 6.22. The van der Waals surface area contributed by atoms with Crippen molar-refractivity contribution in [2.45, 2.75) is 50.2 Å². The fourth-order valence-electron chi connectivity index (χ4n) is 4.79. The molecular weight excluding hydrogens is 412 g/mol. The van der Waals surface area contributed by atoms with Gasteiger partial charge in [-0.05, 0) is 73.1 Å². The summed E-state index contributed by atoms with van der Waals surface area (Å²) in [6.45, 7) is 0. The summed E-state index contributed by atoms with van der Waals surface area (Å²) in [7, 11) is 0. The molecule has 2 fully saturated rings. The number of aromatic nitrogens is 2. The van der Waals surface area contributed by atoms with E-state index in [0.717, 1.165) is 16.4 Å². The third-order valence-corrected chi connectivity index (χ3v) is 6.84. The van der Waals surface area contributed by atoms with Crippen LogP contribution >= 0.6 is 23.8 Å². The molecule has 0 amide bonds. The average molecular weight is 437 g/mol. The third kappa shape index (κ3) is 3.72. The molecule has 5 rings (SSSR count). The number of nitrogens with one attached hydrogen (secondary N) is 1. The lowest BCUT2D eigenvalue weighted by Crippen LogP contribution is -2.29. The summed E-state index contributed by atoms with van der Waals surface area (Å²) in [6, 6.07) is 16.8. The number of rotatable bonds is 4. The highest BCUT2D eigenvalue weighted by Gasteiger charge is 2.41. The number of anilines is 1. The molecule has 1 N–H and O–H groups in total. The van der Waals surface area contributed by atoms with E-state index in [-0.39, 0.29) is 12.1 Å². The molecule has 1 saturated heterocycles. The number of hydrogen-bond acceptors (Lipinski definition) is 2. The molecule has 4 nitrogen and oxygen atoms in total. The average Bonchev–Trinajstić information content (AvgIpc) is 3.40. The van der Waals surface area contributed by atoms with Crippen LogP contribution in [0.3, 0.4) is 0 Å². The second-order valence-corrected chi connectivity index (χ2v) is 8.98. The molecule has 6 heteroatoms. The Morgan fingerprint density at radius 3 is 2.53 bits per heavy atom. The predicted molar refractivity (Wildman–Crippen MR) is 126 cm³/mol. The van der Waals surface area contributed by atoms with E-state index in [9.17, 15) is 0 Å². The van der Waals surface area contributed by atoms with Gasteiger partial charge < -0.3 is 14.8 Å². The van der Waals surface area contributed by atoms with Gasteiger partial charge in [-0.25, -0.2) is 0 Å². The van der Waals surface area contributed by atoms with Crippen LogP contribution in [-0.4, -0.2) is 14.7 Å². The number of halogens is 1. The van der Waals surface area contributed by atoms with Crippen LogP contribution in [-0.2, 0) is 0 Å². The quantitative estimate of drug-likeness (QED) is 0.492. The highest BCUT2D eigenvalue weighted by molar-refractivity contribution is 7.80. The molecule has 3 heterocycles. The molecule has 2 unspecified atom stereocenters. The van der Waals surface area contributed by atoms with E-state index >= 15 is 0 Å². The van der Waals surface area contributed by atoms with Crippen molar-refractivity contribution in [3.05, 3.63) is 83.4 Å². The highest BCUT2D eigenvalue weighted by Crippen LogP contribution is 2.42. The second-order valence-electron chi connectivity index (χ2n) is 8.16. The number of pyridine rings is 1. The number of thiocarbonyl (C=S) groups is 1. The molecule has 0 spiro atoms. The topological polar surface area (TPSA) is 33.1 Å². The fourth-order valence-corrected chi connectivity index (χ4v) is 5.26. The molecule has 2 atom stereocenters. The third-order valence-electron chi connectivity index (χ3n) is 6.28. The van der Waals surface area contributed by atoms with Crippen molar-refractivity contribution in [1.82, 2.24) is 14.9 Å². The maximum atomic E-state index is 6.14. The molecule has 1 saturated carbocycles. The van der Waals surface area contributed by atoms with Crippen molar-refractivity contribution in [2.24, 2.45) is 0 Å². The lowest BCUT2D eigenvalue weighted by molar-refractivity contribution is 0.353. The fraction of sp³-hybridized carbons (Fsp3) is 0.333. The molecule has 1 aliphatic heterocycles. The van der Waals surface area contributed by atoms with E-state index in [2.05, 4.69) is 44.3 Å². The lowest BCUT2D eigenvalue weighted by Gasteiger charge is -2.28. The molecule has 30 heavy (non-hydrogen) atoms. The lowest BCUT2D eigenvalue weighted by atomic mass is 9.95. The molecular formula is C24H25ClN4S. The van der Waals surface area contributed by atoms with Gasteiger partial charge in [0.25, 0.3) is 0 Å². The summed E-state index contributed by atoms with van der Waals surface area (Å²) in [5.41, 5.74) is 3.27. The van der Waals surface area contributed by atoms with E-state index in [1.54, 1.807) is 0 Å². The zero-order valence-electron chi connectivity index (χ0n) is 16.7. The summed E-state index contributed by atoms with van der Waals surface area (Å²) < 4.78 is 2.41. The summed E-state index contributed by atoms with van der Waals surface area (Å²) >= 11 is 11.9. The molecule has 2 aliphatic rings. The summed E-state index contributed by atoms with van der Waals surface area (Å²) in [5.74, 6) is 0. The monoisotopic (exact) mass is 436 g/mol. The molecule has 154 valence electrons. The minimum absolute atomic E-state index is 0.0171. The first-order chi connectivity index (χ1) is 14.7. The second kappa shape index (κ2) is 8.40. The Morgan fingerprint density at radius 2 is 1.80 bits per heavy atom. The van der Waals surface area contributed by atoms with Gasteiger partial charge in [0.15, 0.2) is 5.11 Å². The molecule has 2 aromatic heterocycles. The molecule has 3 aromatic rings. The normalized spacial score (nSPS) is 22.3. The van der Waals surface area contributed by atoms with Gasteiger partial charge in [-0.3, -0.25) is 4.98 Å². The molecule has 0 radical (unpaired) electrons. The number of benzene rings is 1. The minimum Gasteiger partial charge on any atom is -0.351 e. The SMILES string of the molecule is S=C1NC(c2ccccn2)C(c2ccn(C3CCCCC3)c2)N1c1ccc(Cl)cc1. The Balaban J connectivity index is 1.54. The van der Waals surface area contributed by atoms with Crippen LogP contribution < -0.4 is 10.2 Å². The smallest absolute Gasteiger partial charge is 0.174 e. The molecule has 1 aromatic carbocycles. The minimum atomic E-state index is -0.0171. The number of nitrogens with zero attached hydrogens (tertiary/aromatic N) is 3. The largest absolute Gasteiger partial charge is 0.351 e. The van der Waals surface area contributed by atoms with Crippen LogP contribution in [0.5, 0.6) is 0 Å². The van der Waals surface area contributed by atoms with Gasteiger partial charge in [-0.15, -0.1) is 0 Å². The van der Waals surface area contributed by atoms with Crippen molar-refractivity contribution >= 4 is 34.6 Å². The van der Waals surface area contributed by atoms with Crippen molar-refractivity contribution in [3.63, 3.8) is 0 Å². The van der Waals surface area contributed by atoms with E-state index in [0.29, 0.717) is 11.2 Å². The standard InChI is InChI=1S/C24H25ClN4S/c25-18-9-11-20(12-10-18)29-23(22(27-24(29)30)21-8-4-5-14-26-21)17-13-15-28(16-17)19-6-2-1-3-7-19/h4-5,8-16,19,22-23H,1-3,6-7H2,(H,27,30). The Morgan fingerprint density at radius 1 is 1.00 bits per heavy atom.